The van der Waals surface area contributed by atoms with Crippen LogP contribution in [-0.4, -0.2) is 20.9 Å². The Labute approximate surface area is 150 Å². The molecule has 1 atom stereocenters. The Hall–Kier alpha value is -1.70. The van der Waals surface area contributed by atoms with E-state index in [9.17, 15) is 13.2 Å². The Morgan fingerprint density at radius 1 is 1.12 bits per heavy atom. The predicted molar refractivity (Wildman–Crippen MR) is 97.3 cm³/mol. The molecule has 7 heteroatoms. The quantitative estimate of drug-likeness (QED) is 0.767. The summed E-state index contributed by atoms with van der Waals surface area (Å²) < 4.78 is 27.1. The van der Waals surface area contributed by atoms with Crippen LogP contribution in [0.5, 0.6) is 0 Å². The first-order chi connectivity index (χ1) is 11.3. The summed E-state index contributed by atoms with van der Waals surface area (Å²) in [4.78, 5) is 12.5. The van der Waals surface area contributed by atoms with Crippen molar-refractivity contribution in [1.29, 1.82) is 0 Å². The SMILES string of the molecule is CCNS(=O)(=O)c1ccc(C(=O)NC(C)c2ccccc2Br)cc1. The van der Waals surface area contributed by atoms with Crippen molar-refractivity contribution in [1.82, 2.24) is 10.0 Å². The minimum Gasteiger partial charge on any atom is -0.345 e. The number of carbonyl (C=O) groups excluding carboxylic acids is 1. The monoisotopic (exact) mass is 410 g/mol. The highest BCUT2D eigenvalue weighted by molar-refractivity contribution is 9.10. The second-order valence-corrected chi connectivity index (χ2v) is 7.86. The smallest absolute Gasteiger partial charge is 0.251 e. The number of halogens is 1. The van der Waals surface area contributed by atoms with Gasteiger partial charge in [0.2, 0.25) is 10.0 Å². The molecule has 0 heterocycles. The lowest BCUT2D eigenvalue weighted by molar-refractivity contribution is 0.0939. The molecular weight excluding hydrogens is 392 g/mol. The number of amides is 1. The third-order valence-electron chi connectivity index (χ3n) is 3.48. The maximum atomic E-state index is 12.3. The lowest BCUT2D eigenvalue weighted by Crippen LogP contribution is -2.27. The molecule has 1 unspecified atom stereocenters. The van der Waals surface area contributed by atoms with Crippen molar-refractivity contribution < 1.29 is 13.2 Å². The van der Waals surface area contributed by atoms with Gasteiger partial charge in [0.1, 0.15) is 0 Å². The Balaban J connectivity index is 2.12. The van der Waals surface area contributed by atoms with E-state index < -0.39 is 10.0 Å². The highest BCUT2D eigenvalue weighted by Gasteiger charge is 2.16. The van der Waals surface area contributed by atoms with Crippen molar-refractivity contribution in [3.05, 3.63) is 64.1 Å². The molecule has 24 heavy (non-hydrogen) atoms. The molecule has 0 radical (unpaired) electrons. The van der Waals surface area contributed by atoms with E-state index in [1.54, 1.807) is 6.92 Å². The summed E-state index contributed by atoms with van der Waals surface area (Å²) in [6, 6.07) is 13.3. The predicted octanol–water partition coefficient (Wildman–Crippen LogP) is 3.24. The van der Waals surface area contributed by atoms with E-state index in [4.69, 9.17) is 0 Å². The molecule has 1 amide bonds. The molecule has 2 rings (SSSR count). The minimum absolute atomic E-state index is 0.139. The van der Waals surface area contributed by atoms with E-state index >= 15 is 0 Å². The molecule has 2 aromatic rings. The number of rotatable bonds is 6. The van der Waals surface area contributed by atoms with Crippen LogP contribution in [0.2, 0.25) is 0 Å². The van der Waals surface area contributed by atoms with Crippen LogP contribution in [0.15, 0.2) is 57.9 Å². The average Bonchev–Trinajstić information content (AvgIpc) is 2.55. The first-order valence-electron chi connectivity index (χ1n) is 7.50. The molecular formula is C17H19BrN2O3S. The second-order valence-electron chi connectivity index (χ2n) is 5.24. The van der Waals surface area contributed by atoms with Gasteiger partial charge in [-0.15, -0.1) is 0 Å². The molecule has 128 valence electrons. The molecule has 5 nitrogen and oxygen atoms in total. The van der Waals surface area contributed by atoms with Gasteiger partial charge in [-0.1, -0.05) is 41.1 Å². The lowest BCUT2D eigenvalue weighted by Gasteiger charge is -2.16. The minimum atomic E-state index is -3.51. The fourth-order valence-corrected chi connectivity index (χ4v) is 3.91. The maximum Gasteiger partial charge on any atom is 0.251 e. The topological polar surface area (TPSA) is 75.3 Å². The molecule has 0 spiro atoms. The van der Waals surface area contributed by atoms with Gasteiger partial charge in [0.25, 0.3) is 5.91 Å². The summed E-state index contributed by atoms with van der Waals surface area (Å²) in [6.07, 6.45) is 0. The van der Waals surface area contributed by atoms with Crippen LogP contribution in [0.4, 0.5) is 0 Å². The molecule has 0 bridgehead atoms. The van der Waals surface area contributed by atoms with Gasteiger partial charge in [0.15, 0.2) is 0 Å². The number of sulfonamides is 1. The maximum absolute atomic E-state index is 12.3. The third kappa shape index (κ3) is 4.43. The number of hydrogen-bond acceptors (Lipinski definition) is 3. The fourth-order valence-electron chi connectivity index (χ4n) is 2.24. The van der Waals surface area contributed by atoms with E-state index in [1.165, 1.54) is 24.3 Å². The van der Waals surface area contributed by atoms with Crippen LogP contribution in [0.3, 0.4) is 0 Å². The first kappa shape index (κ1) is 18.6. The molecule has 0 aromatic heterocycles. The summed E-state index contributed by atoms with van der Waals surface area (Å²) in [6.45, 7) is 3.92. The van der Waals surface area contributed by atoms with Crippen molar-refractivity contribution in [2.75, 3.05) is 6.54 Å². The van der Waals surface area contributed by atoms with Crippen molar-refractivity contribution in [3.8, 4) is 0 Å². The van der Waals surface area contributed by atoms with Crippen molar-refractivity contribution in [3.63, 3.8) is 0 Å². The summed E-state index contributed by atoms with van der Waals surface area (Å²) in [7, 11) is -3.51. The zero-order valence-electron chi connectivity index (χ0n) is 13.4. The Bertz CT molecular complexity index is 820. The standard InChI is InChI=1S/C17H19BrN2O3S/c1-3-19-24(22,23)14-10-8-13(9-11-14)17(21)20-12(2)15-6-4-5-7-16(15)18/h4-12,19H,3H2,1-2H3,(H,20,21). The molecule has 0 fully saturated rings. The van der Waals surface area contributed by atoms with E-state index in [0.717, 1.165) is 10.0 Å². The zero-order valence-corrected chi connectivity index (χ0v) is 15.8. The Kier molecular flexibility index (Phi) is 6.15. The summed E-state index contributed by atoms with van der Waals surface area (Å²) in [5.41, 5.74) is 1.38. The Morgan fingerprint density at radius 3 is 2.33 bits per heavy atom. The lowest BCUT2D eigenvalue weighted by atomic mass is 10.1. The van der Waals surface area contributed by atoms with Gasteiger partial charge in [-0.2, -0.15) is 0 Å². The van der Waals surface area contributed by atoms with Crippen LogP contribution >= 0.6 is 15.9 Å². The highest BCUT2D eigenvalue weighted by atomic mass is 79.9. The van der Waals surface area contributed by atoms with Crippen LogP contribution in [-0.2, 0) is 10.0 Å². The molecule has 2 N–H and O–H groups in total. The average molecular weight is 411 g/mol. The highest BCUT2D eigenvalue weighted by Crippen LogP contribution is 2.23. The van der Waals surface area contributed by atoms with Crippen molar-refractivity contribution in [2.24, 2.45) is 0 Å². The van der Waals surface area contributed by atoms with Crippen LogP contribution in [0.1, 0.15) is 35.8 Å². The molecule has 0 aliphatic heterocycles. The summed E-state index contributed by atoms with van der Waals surface area (Å²) in [5.74, 6) is -0.259. The van der Waals surface area contributed by atoms with Gasteiger partial charge in [-0.3, -0.25) is 4.79 Å². The van der Waals surface area contributed by atoms with E-state index in [0.29, 0.717) is 12.1 Å². The second kappa shape index (κ2) is 7.92. The van der Waals surface area contributed by atoms with Gasteiger partial charge < -0.3 is 5.32 Å². The molecule has 2 aromatic carbocycles. The largest absolute Gasteiger partial charge is 0.345 e. The van der Waals surface area contributed by atoms with Gasteiger partial charge >= 0.3 is 0 Å². The van der Waals surface area contributed by atoms with Gasteiger partial charge in [0.05, 0.1) is 10.9 Å². The fraction of sp³-hybridized carbons (Fsp3) is 0.235. The van der Waals surface area contributed by atoms with Crippen molar-refractivity contribution in [2.45, 2.75) is 24.8 Å². The van der Waals surface area contributed by atoms with E-state index in [1.807, 2.05) is 31.2 Å². The van der Waals surface area contributed by atoms with Gasteiger partial charge in [0, 0.05) is 16.6 Å². The van der Waals surface area contributed by atoms with Gasteiger partial charge in [-0.25, -0.2) is 13.1 Å². The molecule has 0 aliphatic rings. The number of nitrogens with one attached hydrogen (secondary N) is 2. The number of hydrogen-bond donors (Lipinski definition) is 2. The van der Waals surface area contributed by atoms with E-state index in [-0.39, 0.29) is 16.8 Å². The molecule has 0 aliphatic carbocycles. The first-order valence-corrected chi connectivity index (χ1v) is 9.77. The number of benzene rings is 2. The Morgan fingerprint density at radius 2 is 1.75 bits per heavy atom. The van der Waals surface area contributed by atoms with Crippen LogP contribution in [0, 0.1) is 0 Å². The van der Waals surface area contributed by atoms with Gasteiger partial charge in [-0.05, 0) is 42.8 Å². The van der Waals surface area contributed by atoms with Crippen LogP contribution < -0.4 is 10.0 Å². The third-order valence-corrected chi connectivity index (χ3v) is 5.76. The van der Waals surface area contributed by atoms with Crippen molar-refractivity contribution >= 4 is 31.9 Å². The summed E-state index contributed by atoms with van der Waals surface area (Å²) >= 11 is 3.46. The summed E-state index contributed by atoms with van der Waals surface area (Å²) in [5, 5.41) is 2.90. The van der Waals surface area contributed by atoms with Crippen LogP contribution in [0.25, 0.3) is 0 Å². The zero-order chi connectivity index (χ0) is 17.7. The normalized spacial score (nSPS) is 12.6. The van der Waals surface area contributed by atoms with E-state index in [2.05, 4.69) is 26.0 Å². The molecule has 0 saturated carbocycles. The number of carbonyl (C=O) groups is 1. The molecule has 0 saturated heterocycles.